The van der Waals surface area contributed by atoms with Crippen LogP contribution < -0.4 is 0 Å². The number of hydrogen-bond donors (Lipinski definition) is 0. The molecule has 1 heterocycles. The van der Waals surface area contributed by atoms with Gasteiger partial charge in [0.15, 0.2) is 8.32 Å². The van der Waals surface area contributed by atoms with Crippen molar-refractivity contribution in [3.8, 4) is 0 Å². The number of benzene rings is 1. The van der Waals surface area contributed by atoms with Gasteiger partial charge in [-0.15, -0.1) is 0 Å². The van der Waals surface area contributed by atoms with Crippen LogP contribution >= 0.6 is 0 Å². The minimum atomic E-state index is -1.59. The highest BCUT2D eigenvalue weighted by atomic mass is 28.4. The van der Waals surface area contributed by atoms with Gasteiger partial charge >= 0.3 is 0 Å². The van der Waals surface area contributed by atoms with E-state index in [0.29, 0.717) is 5.04 Å². The Balaban J connectivity index is 1.82. The minimum Gasteiger partial charge on any atom is -0.416 e. The summed E-state index contributed by atoms with van der Waals surface area (Å²) in [4.78, 5) is 2.52. The van der Waals surface area contributed by atoms with Gasteiger partial charge in [-0.3, -0.25) is 4.90 Å². The molecule has 1 aromatic rings. The molecule has 0 N–H and O–H groups in total. The molecule has 0 saturated heterocycles. The second kappa shape index (κ2) is 6.00. The van der Waals surface area contributed by atoms with Crippen molar-refractivity contribution in [2.24, 2.45) is 0 Å². The number of fused-ring (bicyclic) bond motifs is 1. The fraction of sp³-hybridized carbons (Fsp3) is 0.647. The third kappa shape index (κ3) is 3.71. The van der Waals surface area contributed by atoms with Crippen LogP contribution in [0, 0.1) is 0 Å². The van der Waals surface area contributed by atoms with Gasteiger partial charge in [-0.25, -0.2) is 0 Å². The summed E-state index contributed by atoms with van der Waals surface area (Å²) in [6, 6.07) is 8.82. The van der Waals surface area contributed by atoms with Gasteiger partial charge in [0.05, 0.1) is 0 Å². The highest BCUT2D eigenvalue weighted by Gasteiger charge is 2.37. The number of hydrogen-bond acceptors (Lipinski definition) is 2. The third-order valence-corrected chi connectivity index (χ3v) is 9.42. The van der Waals surface area contributed by atoms with Gasteiger partial charge in [-0.05, 0) is 35.7 Å². The topological polar surface area (TPSA) is 12.5 Å². The van der Waals surface area contributed by atoms with E-state index < -0.39 is 8.32 Å². The highest BCUT2D eigenvalue weighted by Crippen LogP contribution is 2.36. The fourth-order valence-corrected chi connectivity index (χ4v) is 3.43. The van der Waals surface area contributed by atoms with E-state index in [2.05, 4.69) is 63.0 Å². The molecule has 0 aliphatic carbocycles. The Labute approximate surface area is 125 Å². The van der Waals surface area contributed by atoms with Gasteiger partial charge < -0.3 is 4.43 Å². The molecule has 0 radical (unpaired) electrons. The largest absolute Gasteiger partial charge is 0.416 e. The Morgan fingerprint density at radius 3 is 2.45 bits per heavy atom. The van der Waals surface area contributed by atoms with Crippen LogP contribution in [-0.2, 0) is 17.4 Å². The molecule has 0 fully saturated rings. The molecule has 2 nitrogen and oxygen atoms in total. The van der Waals surface area contributed by atoms with E-state index in [0.717, 1.165) is 26.2 Å². The van der Waals surface area contributed by atoms with Crippen LogP contribution in [0.1, 0.15) is 31.9 Å². The molecule has 0 saturated carbocycles. The molecule has 1 aromatic carbocycles. The molecule has 20 heavy (non-hydrogen) atoms. The van der Waals surface area contributed by atoms with E-state index in [9.17, 15) is 0 Å². The predicted octanol–water partition coefficient (Wildman–Crippen LogP) is 4.07. The molecule has 2 rings (SSSR count). The Kier molecular flexibility index (Phi) is 4.72. The van der Waals surface area contributed by atoms with Crippen LogP contribution in [0.2, 0.25) is 18.1 Å². The van der Waals surface area contributed by atoms with Crippen molar-refractivity contribution < 1.29 is 4.43 Å². The lowest BCUT2D eigenvalue weighted by atomic mass is 10.0. The summed E-state index contributed by atoms with van der Waals surface area (Å²) in [5, 5.41) is 0.307. The Bertz CT molecular complexity index is 451. The quantitative estimate of drug-likeness (QED) is 0.776. The first-order valence-corrected chi connectivity index (χ1v) is 10.6. The lowest BCUT2D eigenvalue weighted by Gasteiger charge is -2.37. The zero-order valence-electron chi connectivity index (χ0n) is 13.7. The number of nitrogens with zero attached hydrogens (tertiary/aromatic N) is 1. The molecule has 1 aliphatic heterocycles. The van der Waals surface area contributed by atoms with Gasteiger partial charge in [-0.1, -0.05) is 45.0 Å². The van der Waals surface area contributed by atoms with Crippen molar-refractivity contribution in [1.29, 1.82) is 0 Å². The SMILES string of the molecule is CC(C)(C)[Si](C)(C)OCCN1CCc2ccccc2C1. The van der Waals surface area contributed by atoms with Crippen molar-refractivity contribution in [1.82, 2.24) is 4.90 Å². The second-order valence-electron chi connectivity index (χ2n) is 7.40. The van der Waals surface area contributed by atoms with E-state index >= 15 is 0 Å². The summed E-state index contributed by atoms with van der Waals surface area (Å²) in [5.41, 5.74) is 3.01. The molecule has 3 heteroatoms. The number of rotatable bonds is 4. The summed E-state index contributed by atoms with van der Waals surface area (Å²) in [5.74, 6) is 0. The molecule has 0 atom stereocenters. The molecule has 0 bridgehead atoms. The first-order valence-electron chi connectivity index (χ1n) is 7.73. The maximum Gasteiger partial charge on any atom is 0.192 e. The van der Waals surface area contributed by atoms with Crippen molar-refractivity contribution in [3.05, 3.63) is 35.4 Å². The van der Waals surface area contributed by atoms with Crippen LogP contribution in [0.4, 0.5) is 0 Å². The first-order chi connectivity index (χ1) is 9.29. The van der Waals surface area contributed by atoms with Crippen molar-refractivity contribution >= 4 is 8.32 Å². The molecule has 0 spiro atoms. The average molecular weight is 292 g/mol. The van der Waals surface area contributed by atoms with Crippen molar-refractivity contribution in [3.63, 3.8) is 0 Å². The summed E-state index contributed by atoms with van der Waals surface area (Å²) in [7, 11) is -1.59. The molecule has 0 unspecified atom stereocenters. The standard InChI is InChI=1S/C17H29NOSi/c1-17(2,3)20(4,5)19-13-12-18-11-10-15-8-6-7-9-16(15)14-18/h6-9H,10-14H2,1-5H3. The van der Waals surface area contributed by atoms with Crippen LogP contribution in [0.15, 0.2) is 24.3 Å². The highest BCUT2D eigenvalue weighted by molar-refractivity contribution is 6.74. The lowest BCUT2D eigenvalue weighted by Crippen LogP contribution is -2.43. The summed E-state index contributed by atoms with van der Waals surface area (Å²) in [6.45, 7) is 15.7. The zero-order chi connectivity index (χ0) is 14.8. The summed E-state index contributed by atoms with van der Waals surface area (Å²) < 4.78 is 6.28. The van der Waals surface area contributed by atoms with Crippen LogP contribution in [0.25, 0.3) is 0 Å². The molecule has 1 aliphatic rings. The molecule has 0 aromatic heterocycles. The minimum absolute atomic E-state index is 0.307. The van der Waals surface area contributed by atoms with Gasteiger partial charge in [0.1, 0.15) is 0 Å². The van der Waals surface area contributed by atoms with E-state index in [1.807, 2.05) is 0 Å². The Morgan fingerprint density at radius 1 is 1.15 bits per heavy atom. The maximum absolute atomic E-state index is 6.28. The molecule has 112 valence electrons. The molecular formula is C17H29NOSi. The van der Waals surface area contributed by atoms with E-state index in [-0.39, 0.29) is 0 Å². The van der Waals surface area contributed by atoms with E-state index in [4.69, 9.17) is 4.43 Å². The van der Waals surface area contributed by atoms with Crippen molar-refractivity contribution in [2.45, 2.75) is 51.9 Å². The zero-order valence-corrected chi connectivity index (χ0v) is 14.7. The molecular weight excluding hydrogens is 262 g/mol. The lowest BCUT2D eigenvalue weighted by molar-refractivity contribution is 0.187. The predicted molar refractivity (Wildman–Crippen MR) is 88.6 cm³/mol. The Morgan fingerprint density at radius 2 is 1.80 bits per heavy atom. The van der Waals surface area contributed by atoms with Gasteiger partial charge in [0.2, 0.25) is 0 Å². The van der Waals surface area contributed by atoms with Gasteiger partial charge in [-0.2, -0.15) is 0 Å². The van der Waals surface area contributed by atoms with Crippen LogP contribution in [0.5, 0.6) is 0 Å². The summed E-state index contributed by atoms with van der Waals surface area (Å²) in [6.07, 6.45) is 1.18. The van der Waals surface area contributed by atoms with Crippen molar-refractivity contribution in [2.75, 3.05) is 19.7 Å². The molecule has 0 amide bonds. The fourth-order valence-electron chi connectivity index (χ4n) is 2.39. The maximum atomic E-state index is 6.28. The second-order valence-corrected chi connectivity index (χ2v) is 12.2. The van der Waals surface area contributed by atoms with Crippen LogP contribution in [-0.4, -0.2) is 32.9 Å². The van der Waals surface area contributed by atoms with Gasteiger partial charge in [0, 0.05) is 26.2 Å². The third-order valence-electron chi connectivity index (χ3n) is 4.89. The van der Waals surface area contributed by atoms with E-state index in [1.165, 1.54) is 17.5 Å². The smallest absolute Gasteiger partial charge is 0.192 e. The average Bonchev–Trinajstić information content (AvgIpc) is 2.37. The van der Waals surface area contributed by atoms with Gasteiger partial charge in [0.25, 0.3) is 0 Å². The van der Waals surface area contributed by atoms with Crippen LogP contribution in [0.3, 0.4) is 0 Å². The summed E-state index contributed by atoms with van der Waals surface area (Å²) >= 11 is 0. The van der Waals surface area contributed by atoms with E-state index in [1.54, 1.807) is 0 Å². The first kappa shape index (κ1) is 15.7. The monoisotopic (exact) mass is 291 g/mol. The normalized spacial score (nSPS) is 17.1. The Hall–Kier alpha value is -0.643.